The fourth-order valence-corrected chi connectivity index (χ4v) is 3.40. The lowest BCUT2D eigenvalue weighted by Gasteiger charge is -2.22. The summed E-state index contributed by atoms with van der Waals surface area (Å²) in [6.45, 7) is 0.718. The Morgan fingerprint density at radius 1 is 1.58 bits per heavy atom. The maximum absolute atomic E-state index is 12.7. The first-order chi connectivity index (χ1) is 9.15. The number of nitrogens with zero attached hydrogens (tertiary/aromatic N) is 2. The van der Waals surface area contributed by atoms with Crippen LogP contribution in [0.3, 0.4) is 0 Å². The summed E-state index contributed by atoms with van der Waals surface area (Å²) in [5, 5.41) is 4.17. The molecule has 0 radical (unpaired) electrons. The molecule has 0 bridgehead atoms. The van der Waals surface area contributed by atoms with Crippen LogP contribution in [0, 0.1) is 0 Å². The molecule has 0 unspecified atom stereocenters. The van der Waals surface area contributed by atoms with Gasteiger partial charge in [0, 0.05) is 30.3 Å². The lowest BCUT2D eigenvalue weighted by molar-refractivity contribution is 0.0720. The third-order valence-electron chi connectivity index (χ3n) is 3.37. The predicted octanol–water partition coefficient (Wildman–Crippen LogP) is 3.65. The molecule has 1 fully saturated rings. The molecule has 0 aliphatic heterocycles. The Morgan fingerprint density at radius 2 is 2.37 bits per heavy atom. The molecule has 2 heterocycles. The van der Waals surface area contributed by atoms with Gasteiger partial charge in [0.2, 0.25) is 0 Å². The van der Waals surface area contributed by atoms with E-state index < -0.39 is 0 Å². The maximum Gasteiger partial charge on any atom is 0.271 e. The van der Waals surface area contributed by atoms with Gasteiger partial charge in [-0.3, -0.25) is 4.79 Å². The Labute approximate surface area is 125 Å². The van der Waals surface area contributed by atoms with Gasteiger partial charge in [0.05, 0.1) is 0 Å². The Kier molecular flexibility index (Phi) is 3.50. The molecule has 5 heteroatoms. The highest BCUT2D eigenvalue weighted by Crippen LogP contribution is 2.30. The summed E-state index contributed by atoms with van der Waals surface area (Å²) in [6, 6.07) is 4.40. The van der Waals surface area contributed by atoms with Crippen LogP contribution in [0.2, 0.25) is 0 Å². The maximum atomic E-state index is 12.7. The van der Waals surface area contributed by atoms with Crippen molar-refractivity contribution in [2.75, 3.05) is 0 Å². The molecule has 3 rings (SSSR count). The number of aromatic nitrogens is 1. The Bertz CT molecular complexity index is 587. The first-order valence-corrected chi connectivity index (χ1v) is 8.02. The van der Waals surface area contributed by atoms with Crippen LogP contribution < -0.4 is 0 Å². The number of hydrogen-bond acceptors (Lipinski definition) is 2. The van der Waals surface area contributed by atoms with Crippen molar-refractivity contribution in [3.63, 3.8) is 0 Å². The smallest absolute Gasteiger partial charge is 0.271 e. The van der Waals surface area contributed by atoms with Crippen molar-refractivity contribution < 1.29 is 4.79 Å². The lowest BCUT2D eigenvalue weighted by atomic mass is 10.2. The quantitative estimate of drug-likeness (QED) is 0.835. The summed E-state index contributed by atoms with van der Waals surface area (Å²) in [6.07, 6.45) is 4.17. The Hall–Kier alpha value is -1.07. The lowest BCUT2D eigenvalue weighted by Crippen LogP contribution is -2.33. The van der Waals surface area contributed by atoms with Gasteiger partial charge in [0.1, 0.15) is 5.69 Å². The second kappa shape index (κ2) is 5.13. The van der Waals surface area contributed by atoms with Gasteiger partial charge in [-0.1, -0.05) is 0 Å². The first kappa shape index (κ1) is 12.9. The van der Waals surface area contributed by atoms with Gasteiger partial charge in [-0.25, -0.2) is 0 Å². The number of carbonyl (C=O) groups is 1. The minimum atomic E-state index is 0.127. The molecule has 100 valence electrons. The molecule has 0 spiro atoms. The second-order valence-corrected chi connectivity index (χ2v) is 6.65. The van der Waals surface area contributed by atoms with E-state index in [0.29, 0.717) is 6.04 Å². The number of thiophene rings is 1. The monoisotopic (exact) mass is 338 g/mol. The molecule has 1 saturated carbocycles. The molecular weight excluding hydrogens is 324 g/mol. The molecule has 1 aliphatic carbocycles. The summed E-state index contributed by atoms with van der Waals surface area (Å²) in [5.41, 5.74) is 1.97. The van der Waals surface area contributed by atoms with Crippen LogP contribution >= 0.6 is 27.3 Å². The third-order valence-corrected chi connectivity index (χ3v) is 4.54. The van der Waals surface area contributed by atoms with Crippen molar-refractivity contribution in [3.05, 3.63) is 44.8 Å². The van der Waals surface area contributed by atoms with Crippen LogP contribution in [-0.2, 0) is 13.6 Å². The van der Waals surface area contributed by atoms with Crippen LogP contribution in [-0.4, -0.2) is 21.4 Å². The molecule has 0 aromatic carbocycles. The standard InChI is InChI=1S/C14H15BrN2OS/c1-16-8-11(15)6-13(16)14(18)17(12-2-3-12)7-10-4-5-19-9-10/h4-6,8-9,12H,2-3,7H2,1H3. The summed E-state index contributed by atoms with van der Waals surface area (Å²) < 4.78 is 2.83. The van der Waals surface area contributed by atoms with Gasteiger partial charge >= 0.3 is 0 Å². The number of halogens is 1. The van der Waals surface area contributed by atoms with Crippen LogP contribution in [0.5, 0.6) is 0 Å². The van der Waals surface area contributed by atoms with Gasteiger partial charge in [-0.15, -0.1) is 0 Å². The van der Waals surface area contributed by atoms with E-state index in [9.17, 15) is 4.79 Å². The van der Waals surface area contributed by atoms with Gasteiger partial charge in [-0.2, -0.15) is 11.3 Å². The first-order valence-electron chi connectivity index (χ1n) is 6.29. The van der Waals surface area contributed by atoms with Gasteiger partial charge in [-0.05, 0) is 57.2 Å². The molecule has 19 heavy (non-hydrogen) atoms. The average molecular weight is 339 g/mol. The largest absolute Gasteiger partial charge is 0.345 e. The normalized spacial score (nSPS) is 14.6. The molecule has 1 amide bonds. The van der Waals surface area contributed by atoms with E-state index in [-0.39, 0.29) is 5.91 Å². The summed E-state index contributed by atoms with van der Waals surface area (Å²) in [5.74, 6) is 0.127. The van der Waals surface area contributed by atoms with Crippen molar-refractivity contribution >= 4 is 33.2 Å². The highest BCUT2D eigenvalue weighted by molar-refractivity contribution is 9.10. The van der Waals surface area contributed by atoms with Crippen LogP contribution in [0.4, 0.5) is 0 Å². The zero-order valence-electron chi connectivity index (χ0n) is 10.7. The molecule has 0 N–H and O–H groups in total. The van der Waals surface area contributed by atoms with Gasteiger partial charge in [0.15, 0.2) is 0 Å². The topological polar surface area (TPSA) is 25.2 Å². The number of amides is 1. The minimum Gasteiger partial charge on any atom is -0.345 e. The highest BCUT2D eigenvalue weighted by atomic mass is 79.9. The van der Waals surface area contributed by atoms with E-state index in [2.05, 4.69) is 32.8 Å². The zero-order valence-corrected chi connectivity index (χ0v) is 13.1. The van der Waals surface area contributed by atoms with Crippen LogP contribution in [0.1, 0.15) is 28.9 Å². The highest BCUT2D eigenvalue weighted by Gasteiger charge is 2.34. The molecule has 1 aliphatic rings. The van der Waals surface area contributed by atoms with E-state index in [1.165, 1.54) is 5.56 Å². The Morgan fingerprint density at radius 3 is 2.89 bits per heavy atom. The van der Waals surface area contributed by atoms with Crippen molar-refractivity contribution in [1.29, 1.82) is 0 Å². The molecule has 0 saturated heterocycles. The fraction of sp³-hybridized carbons (Fsp3) is 0.357. The summed E-state index contributed by atoms with van der Waals surface area (Å²) in [4.78, 5) is 14.7. The van der Waals surface area contributed by atoms with E-state index in [1.807, 2.05) is 28.8 Å². The Balaban J connectivity index is 1.84. The third kappa shape index (κ3) is 2.77. The molecule has 2 aromatic rings. The average Bonchev–Trinajstić information content (AvgIpc) is 2.97. The number of hydrogen-bond donors (Lipinski definition) is 0. The van der Waals surface area contributed by atoms with E-state index in [4.69, 9.17) is 0 Å². The predicted molar refractivity (Wildman–Crippen MR) is 80.3 cm³/mol. The molecule has 2 aromatic heterocycles. The van der Waals surface area contributed by atoms with Crippen molar-refractivity contribution in [2.24, 2.45) is 7.05 Å². The fourth-order valence-electron chi connectivity index (χ4n) is 2.22. The number of carbonyl (C=O) groups excluding carboxylic acids is 1. The van der Waals surface area contributed by atoms with Crippen LogP contribution in [0.15, 0.2) is 33.6 Å². The summed E-state index contributed by atoms with van der Waals surface area (Å²) in [7, 11) is 1.91. The SMILES string of the molecule is Cn1cc(Br)cc1C(=O)N(Cc1ccsc1)C1CC1. The summed E-state index contributed by atoms with van der Waals surface area (Å²) >= 11 is 5.10. The van der Waals surface area contributed by atoms with Crippen LogP contribution in [0.25, 0.3) is 0 Å². The zero-order chi connectivity index (χ0) is 13.4. The molecular formula is C14H15BrN2OS. The van der Waals surface area contributed by atoms with Gasteiger partial charge in [0.25, 0.3) is 5.91 Å². The van der Waals surface area contributed by atoms with Crippen molar-refractivity contribution in [3.8, 4) is 0 Å². The second-order valence-electron chi connectivity index (χ2n) is 4.95. The van der Waals surface area contributed by atoms with Gasteiger partial charge < -0.3 is 9.47 Å². The number of aryl methyl sites for hydroxylation is 1. The molecule has 0 atom stereocenters. The van der Waals surface area contributed by atoms with E-state index in [0.717, 1.165) is 29.6 Å². The number of rotatable bonds is 4. The minimum absolute atomic E-state index is 0.127. The van der Waals surface area contributed by atoms with Crippen molar-refractivity contribution in [1.82, 2.24) is 9.47 Å². The molecule has 3 nitrogen and oxygen atoms in total. The van der Waals surface area contributed by atoms with E-state index >= 15 is 0 Å². The van der Waals surface area contributed by atoms with E-state index in [1.54, 1.807) is 11.3 Å². The van der Waals surface area contributed by atoms with Crippen molar-refractivity contribution in [2.45, 2.75) is 25.4 Å².